The van der Waals surface area contributed by atoms with E-state index in [1.54, 1.807) is 11.3 Å². The molecule has 0 aliphatic carbocycles. The fourth-order valence-corrected chi connectivity index (χ4v) is 1.70. The molecule has 0 unspecified atom stereocenters. The number of rotatable bonds is 6. The van der Waals surface area contributed by atoms with E-state index in [2.05, 4.69) is 28.7 Å². The standard InChI is InChI=1S/C10H15NS/c1-2-3-6-11-7-4-10-5-8-12-9-10/h2,5,8-9,11H,1,3-4,6-7H2. The Bertz CT molecular complexity index is 204. The molecular weight excluding hydrogens is 166 g/mol. The Labute approximate surface area is 78.1 Å². The van der Waals surface area contributed by atoms with Gasteiger partial charge in [0.2, 0.25) is 0 Å². The van der Waals surface area contributed by atoms with E-state index in [0.29, 0.717) is 0 Å². The van der Waals surface area contributed by atoms with Crippen LogP contribution in [0.3, 0.4) is 0 Å². The Hall–Kier alpha value is -0.600. The van der Waals surface area contributed by atoms with Crippen molar-refractivity contribution in [1.29, 1.82) is 0 Å². The summed E-state index contributed by atoms with van der Waals surface area (Å²) in [4.78, 5) is 0. The van der Waals surface area contributed by atoms with Crippen LogP contribution in [-0.4, -0.2) is 13.1 Å². The van der Waals surface area contributed by atoms with Gasteiger partial charge in [-0.15, -0.1) is 6.58 Å². The third-order valence-electron chi connectivity index (χ3n) is 1.70. The molecule has 1 aromatic rings. The zero-order valence-electron chi connectivity index (χ0n) is 7.25. The molecule has 0 aliphatic rings. The van der Waals surface area contributed by atoms with Crippen molar-refractivity contribution < 1.29 is 0 Å². The number of hydrogen-bond donors (Lipinski definition) is 1. The molecule has 0 fully saturated rings. The van der Waals surface area contributed by atoms with Crippen LogP contribution in [0.5, 0.6) is 0 Å². The molecule has 66 valence electrons. The Balaban J connectivity index is 2.00. The number of hydrogen-bond acceptors (Lipinski definition) is 2. The van der Waals surface area contributed by atoms with Crippen molar-refractivity contribution in [2.45, 2.75) is 12.8 Å². The maximum Gasteiger partial charge on any atom is -0.000793 e. The summed E-state index contributed by atoms with van der Waals surface area (Å²) in [6.45, 7) is 5.79. The van der Waals surface area contributed by atoms with Gasteiger partial charge in [0.05, 0.1) is 0 Å². The van der Waals surface area contributed by atoms with E-state index in [9.17, 15) is 0 Å². The monoisotopic (exact) mass is 181 g/mol. The number of thiophene rings is 1. The largest absolute Gasteiger partial charge is 0.316 e. The first kappa shape index (κ1) is 9.49. The summed E-state index contributed by atoms with van der Waals surface area (Å²) >= 11 is 1.76. The van der Waals surface area contributed by atoms with Crippen molar-refractivity contribution >= 4 is 11.3 Å². The average molecular weight is 181 g/mol. The second-order valence-corrected chi connectivity index (χ2v) is 3.49. The Morgan fingerprint density at radius 3 is 3.08 bits per heavy atom. The van der Waals surface area contributed by atoms with Crippen LogP contribution >= 0.6 is 11.3 Å². The van der Waals surface area contributed by atoms with Crippen LogP contribution in [0.4, 0.5) is 0 Å². The molecule has 0 atom stereocenters. The van der Waals surface area contributed by atoms with Gasteiger partial charge in [-0.1, -0.05) is 6.08 Å². The van der Waals surface area contributed by atoms with Gasteiger partial charge < -0.3 is 5.32 Å². The normalized spacial score (nSPS) is 10.0. The van der Waals surface area contributed by atoms with Crippen molar-refractivity contribution in [2.75, 3.05) is 13.1 Å². The molecule has 1 aromatic heterocycles. The van der Waals surface area contributed by atoms with Crippen molar-refractivity contribution in [2.24, 2.45) is 0 Å². The molecule has 1 nitrogen and oxygen atoms in total. The van der Waals surface area contributed by atoms with Crippen LogP contribution in [0.15, 0.2) is 29.5 Å². The van der Waals surface area contributed by atoms with E-state index in [1.165, 1.54) is 5.56 Å². The van der Waals surface area contributed by atoms with E-state index >= 15 is 0 Å². The molecule has 2 heteroatoms. The van der Waals surface area contributed by atoms with Crippen LogP contribution in [0.25, 0.3) is 0 Å². The fourth-order valence-electron chi connectivity index (χ4n) is 0.997. The Morgan fingerprint density at radius 1 is 1.50 bits per heavy atom. The second kappa shape index (κ2) is 5.98. The third kappa shape index (κ3) is 3.69. The van der Waals surface area contributed by atoms with Crippen molar-refractivity contribution in [1.82, 2.24) is 5.32 Å². The molecule has 0 aromatic carbocycles. The molecule has 12 heavy (non-hydrogen) atoms. The van der Waals surface area contributed by atoms with Crippen molar-refractivity contribution in [3.05, 3.63) is 35.0 Å². The highest BCUT2D eigenvalue weighted by molar-refractivity contribution is 7.07. The molecule has 0 bridgehead atoms. The minimum absolute atomic E-state index is 1.05. The van der Waals surface area contributed by atoms with Gasteiger partial charge in [0.1, 0.15) is 0 Å². The van der Waals surface area contributed by atoms with Gasteiger partial charge in [-0.25, -0.2) is 0 Å². The van der Waals surface area contributed by atoms with Crippen LogP contribution in [0.2, 0.25) is 0 Å². The highest BCUT2D eigenvalue weighted by Crippen LogP contribution is 2.05. The molecule has 0 saturated carbocycles. The number of nitrogens with one attached hydrogen (secondary N) is 1. The summed E-state index contributed by atoms with van der Waals surface area (Å²) in [5.74, 6) is 0. The van der Waals surface area contributed by atoms with Gasteiger partial charge in [0, 0.05) is 0 Å². The van der Waals surface area contributed by atoms with E-state index in [4.69, 9.17) is 0 Å². The zero-order chi connectivity index (χ0) is 8.65. The summed E-state index contributed by atoms with van der Waals surface area (Å²) in [7, 11) is 0. The van der Waals surface area contributed by atoms with Crippen LogP contribution < -0.4 is 5.32 Å². The summed E-state index contributed by atoms with van der Waals surface area (Å²) in [5, 5.41) is 7.69. The van der Waals surface area contributed by atoms with Crippen molar-refractivity contribution in [3.8, 4) is 0 Å². The fraction of sp³-hybridized carbons (Fsp3) is 0.400. The predicted octanol–water partition coefficient (Wildman–Crippen LogP) is 2.46. The smallest absolute Gasteiger partial charge is 0.000793 e. The van der Waals surface area contributed by atoms with Gasteiger partial charge in [0.15, 0.2) is 0 Å². The molecule has 0 aliphatic heterocycles. The van der Waals surface area contributed by atoms with Crippen molar-refractivity contribution in [3.63, 3.8) is 0 Å². The molecule has 1 N–H and O–H groups in total. The lowest BCUT2D eigenvalue weighted by atomic mass is 10.2. The highest BCUT2D eigenvalue weighted by Gasteiger charge is 1.91. The maximum atomic E-state index is 3.67. The minimum Gasteiger partial charge on any atom is -0.316 e. The first-order valence-corrected chi connectivity index (χ1v) is 5.20. The van der Waals surface area contributed by atoms with E-state index in [1.807, 2.05) is 6.08 Å². The molecule has 1 heterocycles. The molecule has 1 rings (SSSR count). The SMILES string of the molecule is C=CCCNCCc1ccsc1. The molecular formula is C10H15NS. The van der Waals surface area contributed by atoms with Gasteiger partial charge in [-0.05, 0) is 48.3 Å². The average Bonchev–Trinajstić information content (AvgIpc) is 2.57. The first-order valence-electron chi connectivity index (χ1n) is 4.26. The predicted molar refractivity (Wildman–Crippen MR) is 55.7 cm³/mol. The highest BCUT2D eigenvalue weighted by atomic mass is 32.1. The second-order valence-electron chi connectivity index (χ2n) is 2.71. The Kier molecular flexibility index (Phi) is 4.73. The summed E-state index contributed by atoms with van der Waals surface area (Å²) in [6, 6.07) is 2.18. The molecule has 0 radical (unpaired) electrons. The lowest BCUT2D eigenvalue weighted by Gasteiger charge is -2.00. The van der Waals surface area contributed by atoms with E-state index < -0.39 is 0 Å². The van der Waals surface area contributed by atoms with Gasteiger partial charge in [-0.2, -0.15) is 11.3 Å². The summed E-state index contributed by atoms with van der Waals surface area (Å²) < 4.78 is 0. The quantitative estimate of drug-likeness (QED) is 0.525. The van der Waals surface area contributed by atoms with Crippen LogP contribution in [-0.2, 0) is 6.42 Å². The van der Waals surface area contributed by atoms with E-state index in [0.717, 1.165) is 25.9 Å². The minimum atomic E-state index is 1.05. The topological polar surface area (TPSA) is 12.0 Å². The van der Waals surface area contributed by atoms with Gasteiger partial charge in [-0.3, -0.25) is 0 Å². The van der Waals surface area contributed by atoms with Crippen LogP contribution in [0.1, 0.15) is 12.0 Å². The van der Waals surface area contributed by atoms with Crippen LogP contribution in [0, 0.1) is 0 Å². The maximum absolute atomic E-state index is 3.67. The third-order valence-corrected chi connectivity index (χ3v) is 2.43. The summed E-state index contributed by atoms with van der Waals surface area (Å²) in [5.41, 5.74) is 1.44. The van der Waals surface area contributed by atoms with E-state index in [-0.39, 0.29) is 0 Å². The lowest BCUT2D eigenvalue weighted by molar-refractivity contribution is 0.690. The molecule has 0 spiro atoms. The lowest BCUT2D eigenvalue weighted by Crippen LogP contribution is -2.17. The zero-order valence-corrected chi connectivity index (χ0v) is 8.07. The Morgan fingerprint density at radius 2 is 2.42 bits per heavy atom. The summed E-state index contributed by atoms with van der Waals surface area (Å²) in [6.07, 6.45) is 4.14. The molecule has 0 amide bonds. The molecule has 0 saturated heterocycles. The first-order chi connectivity index (χ1) is 5.93. The van der Waals surface area contributed by atoms with Gasteiger partial charge in [0.25, 0.3) is 0 Å². The van der Waals surface area contributed by atoms with Gasteiger partial charge >= 0.3 is 0 Å².